The molecule has 4 N–H and O–H groups in total. The highest BCUT2D eigenvalue weighted by atomic mass is 35.5. The van der Waals surface area contributed by atoms with Gasteiger partial charge in [-0.1, -0.05) is 29.8 Å². The molecule has 0 bridgehead atoms. The Hall–Kier alpha value is -4.01. The summed E-state index contributed by atoms with van der Waals surface area (Å²) in [5, 5.41) is 6.16. The van der Waals surface area contributed by atoms with Crippen LogP contribution in [0.4, 0.5) is 27.0 Å². The molecule has 2 aliphatic rings. The second-order valence-electron chi connectivity index (χ2n) is 8.59. The summed E-state index contributed by atoms with van der Waals surface area (Å²) in [5.41, 5.74) is 0.825. The number of anilines is 3. The van der Waals surface area contributed by atoms with Crippen LogP contribution in [-0.4, -0.2) is 79.3 Å². The van der Waals surface area contributed by atoms with E-state index in [1.165, 1.54) is 35.0 Å². The SMILES string of the molecule is C=CC(=O)NC1CN(C(=O)ON)CC1Nc1ncc2c(n1)N(C)C(=O)N(c1c(Cl)c(OC)cc(OC)c1Cl)C2. The van der Waals surface area contributed by atoms with Crippen LogP contribution in [0.25, 0.3) is 0 Å². The summed E-state index contributed by atoms with van der Waals surface area (Å²) in [5.74, 6) is 5.69. The monoisotopic (exact) mass is 580 g/mol. The number of ether oxygens (including phenoxy) is 2. The van der Waals surface area contributed by atoms with Crippen molar-refractivity contribution in [2.24, 2.45) is 5.90 Å². The molecule has 2 unspecified atom stereocenters. The van der Waals surface area contributed by atoms with Crippen molar-refractivity contribution in [3.8, 4) is 11.5 Å². The number of rotatable bonds is 7. The van der Waals surface area contributed by atoms with Crippen molar-refractivity contribution in [3.05, 3.63) is 40.5 Å². The number of fused-ring (bicyclic) bond motifs is 1. The Morgan fingerprint density at radius 1 is 1.18 bits per heavy atom. The van der Waals surface area contributed by atoms with Gasteiger partial charge in [0.1, 0.15) is 27.4 Å². The molecule has 1 aromatic heterocycles. The number of urea groups is 1. The first-order chi connectivity index (χ1) is 18.6. The molecule has 0 radical (unpaired) electrons. The van der Waals surface area contributed by atoms with E-state index in [1.54, 1.807) is 13.2 Å². The first-order valence-electron chi connectivity index (χ1n) is 11.5. The normalized spacial score (nSPS) is 18.4. The number of nitrogens with two attached hydrogens (primary N) is 1. The number of carbonyl (C=O) groups excluding carboxylic acids is 3. The van der Waals surface area contributed by atoms with E-state index in [4.69, 9.17) is 38.6 Å². The van der Waals surface area contributed by atoms with Crippen molar-refractivity contribution in [2.75, 3.05) is 49.5 Å². The lowest BCUT2D eigenvalue weighted by Crippen LogP contribution is -2.47. The van der Waals surface area contributed by atoms with Crippen LogP contribution in [0.1, 0.15) is 5.56 Å². The standard InChI is InChI=1S/C23H26Cl2N8O6/c1-5-16(34)28-12-9-32(23(36)39-26)10-13(12)29-21-27-7-11-8-33(22(35)31(2)20(11)30-21)19-17(24)14(37-3)6-15(38-4)18(19)25/h5-7,12-13H,1,8-10,26H2,2-4H3,(H,28,34)(H,27,29,30). The minimum Gasteiger partial charge on any atom is -0.495 e. The molecule has 3 heterocycles. The van der Waals surface area contributed by atoms with Gasteiger partial charge in [-0.05, 0) is 6.08 Å². The van der Waals surface area contributed by atoms with Crippen molar-refractivity contribution in [3.63, 3.8) is 0 Å². The van der Waals surface area contributed by atoms with E-state index >= 15 is 0 Å². The van der Waals surface area contributed by atoms with Gasteiger partial charge in [-0.2, -0.15) is 10.9 Å². The van der Waals surface area contributed by atoms with Gasteiger partial charge in [-0.3, -0.25) is 14.6 Å². The molecule has 2 atom stereocenters. The van der Waals surface area contributed by atoms with E-state index in [0.717, 1.165) is 6.08 Å². The summed E-state index contributed by atoms with van der Waals surface area (Å²) in [4.78, 5) is 54.6. The topological polar surface area (TPSA) is 164 Å². The molecule has 4 amide bonds. The van der Waals surface area contributed by atoms with Crippen LogP contribution in [0.15, 0.2) is 24.9 Å². The van der Waals surface area contributed by atoms with E-state index in [0.29, 0.717) is 11.4 Å². The van der Waals surface area contributed by atoms with E-state index < -0.39 is 30.1 Å². The molecule has 0 aliphatic carbocycles. The lowest BCUT2D eigenvalue weighted by molar-refractivity contribution is -0.117. The van der Waals surface area contributed by atoms with Crippen LogP contribution in [-0.2, 0) is 16.2 Å². The Morgan fingerprint density at radius 3 is 2.41 bits per heavy atom. The third kappa shape index (κ3) is 5.30. The van der Waals surface area contributed by atoms with Gasteiger partial charge in [-0.15, -0.1) is 0 Å². The fraction of sp³-hybridized carbons (Fsp3) is 0.348. The summed E-state index contributed by atoms with van der Waals surface area (Å²) in [6.45, 7) is 3.80. The maximum absolute atomic E-state index is 13.5. The number of hydrogen-bond acceptors (Lipinski definition) is 10. The molecule has 208 valence electrons. The molecule has 14 nitrogen and oxygen atoms in total. The highest BCUT2D eigenvalue weighted by Gasteiger charge is 2.38. The second-order valence-corrected chi connectivity index (χ2v) is 9.34. The van der Waals surface area contributed by atoms with Crippen molar-refractivity contribution in [1.29, 1.82) is 0 Å². The molecule has 0 saturated carbocycles. The maximum Gasteiger partial charge on any atom is 0.428 e. The van der Waals surface area contributed by atoms with Crippen LogP contribution in [0.5, 0.6) is 11.5 Å². The Kier molecular flexibility index (Phi) is 8.18. The number of methoxy groups -OCH3 is 2. The number of benzene rings is 1. The first kappa shape index (κ1) is 28.0. The van der Waals surface area contributed by atoms with E-state index in [2.05, 4.69) is 32.0 Å². The quantitative estimate of drug-likeness (QED) is 0.326. The number of likely N-dealkylation sites (tertiary alicyclic amines) is 1. The van der Waals surface area contributed by atoms with Gasteiger partial charge in [0.25, 0.3) is 0 Å². The van der Waals surface area contributed by atoms with E-state index in [-0.39, 0.29) is 52.8 Å². The number of aromatic nitrogens is 2. The van der Waals surface area contributed by atoms with Crippen molar-refractivity contribution in [1.82, 2.24) is 20.2 Å². The van der Waals surface area contributed by atoms with Gasteiger partial charge in [-0.25, -0.2) is 14.6 Å². The number of carbonyl (C=O) groups is 3. The van der Waals surface area contributed by atoms with Crippen LogP contribution < -0.4 is 35.8 Å². The van der Waals surface area contributed by atoms with E-state index in [1.807, 2.05) is 0 Å². The zero-order valence-corrected chi connectivity index (χ0v) is 22.7. The molecule has 4 rings (SSSR count). The lowest BCUT2D eigenvalue weighted by Gasteiger charge is -2.35. The van der Waals surface area contributed by atoms with Crippen LogP contribution in [0, 0.1) is 0 Å². The first-order valence-corrected chi connectivity index (χ1v) is 12.2. The predicted octanol–water partition coefficient (Wildman–Crippen LogP) is 2.15. The van der Waals surface area contributed by atoms with Gasteiger partial charge < -0.3 is 29.8 Å². The smallest absolute Gasteiger partial charge is 0.428 e. The van der Waals surface area contributed by atoms with Gasteiger partial charge in [0, 0.05) is 38.0 Å². The van der Waals surface area contributed by atoms with Crippen LogP contribution >= 0.6 is 23.2 Å². The van der Waals surface area contributed by atoms with Gasteiger partial charge in [0.2, 0.25) is 11.9 Å². The summed E-state index contributed by atoms with van der Waals surface area (Å²) >= 11 is 13.1. The molecule has 1 fully saturated rings. The molecule has 1 aromatic carbocycles. The molecular formula is C23H26Cl2N8O6. The molecule has 39 heavy (non-hydrogen) atoms. The molecule has 16 heteroatoms. The third-order valence-corrected chi connectivity index (χ3v) is 7.06. The second kappa shape index (κ2) is 11.4. The molecular weight excluding hydrogens is 555 g/mol. The molecule has 0 spiro atoms. The zero-order valence-electron chi connectivity index (χ0n) is 21.2. The Morgan fingerprint density at radius 2 is 1.82 bits per heavy atom. The minimum absolute atomic E-state index is 0.0616. The third-order valence-electron chi connectivity index (χ3n) is 6.33. The summed E-state index contributed by atoms with van der Waals surface area (Å²) in [6, 6.07) is 0.0641. The maximum atomic E-state index is 13.5. The highest BCUT2D eigenvalue weighted by molar-refractivity contribution is 6.42. The number of nitrogens with one attached hydrogen (secondary N) is 2. The number of nitrogens with zero attached hydrogens (tertiary/aromatic N) is 5. The Balaban J connectivity index is 1.62. The average Bonchev–Trinajstić information content (AvgIpc) is 3.33. The molecule has 1 saturated heterocycles. The van der Waals surface area contributed by atoms with Crippen LogP contribution in [0.2, 0.25) is 10.0 Å². The summed E-state index contributed by atoms with van der Waals surface area (Å²) in [6.07, 6.45) is 1.93. The molecule has 2 aromatic rings. The Bertz CT molecular complexity index is 1300. The fourth-order valence-electron chi connectivity index (χ4n) is 4.39. The number of amides is 4. The van der Waals surface area contributed by atoms with Crippen molar-refractivity contribution >= 4 is 58.7 Å². The van der Waals surface area contributed by atoms with Crippen molar-refractivity contribution in [2.45, 2.75) is 18.6 Å². The van der Waals surface area contributed by atoms with Gasteiger partial charge in [0.05, 0.1) is 38.5 Å². The number of halogens is 2. The zero-order chi connectivity index (χ0) is 28.4. The Labute approximate surface area is 233 Å². The highest BCUT2D eigenvalue weighted by Crippen LogP contribution is 2.47. The van der Waals surface area contributed by atoms with Gasteiger partial charge in [0.15, 0.2) is 0 Å². The molecule has 2 aliphatic heterocycles. The van der Waals surface area contributed by atoms with E-state index in [9.17, 15) is 14.4 Å². The average molecular weight is 581 g/mol. The van der Waals surface area contributed by atoms with Crippen LogP contribution in [0.3, 0.4) is 0 Å². The fourth-order valence-corrected chi connectivity index (χ4v) is 5.10. The number of hydrogen-bond donors (Lipinski definition) is 3. The summed E-state index contributed by atoms with van der Waals surface area (Å²) < 4.78 is 10.7. The van der Waals surface area contributed by atoms with Crippen molar-refractivity contribution < 1.29 is 28.7 Å². The van der Waals surface area contributed by atoms with Gasteiger partial charge >= 0.3 is 12.1 Å². The minimum atomic E-state index is -0.750. The lowest BCUT2D eigenvalue weighted by atomic mass is 10.1. The predicted molar refractivity (Wildman–Crippen MR) is 143 cm³/mol. The summed E-state index contributed by atoms with van der Waals surface area (Å²) in [7, 11) is 4.43. The largest absolute Gasteiger partial charge is 0.495 e.